The molecule has 2 aromatic carbocycles. The van der Waals surface area contributed by atoms with E-state index in [1.165, 1.54) is 4.90 Å². The minimum Gasteiger partial charge on any atom is -0.486 e. The van der Waals surface area contributed by atoms with Gasteiger partial charge in [0.25, 0.3) is 11.8 Å². The zero-order valence-electron chi connectivity index (χ0n) is 12.0. The Labute approximate surface area is 137 Å². The molecule has 5 nitrogen and oxygen atoms in total. The number of nitrogens with zero attached hydrogens (tertiary/aromatic N) is 1. The maximum absolute atomic E-state index is 12.4. The first-order valence-electron chi connectivity index (χ1n) is 7.18. The van der Waals surface area contributed by atoms with Crippen LogP contribution in [0.15, 0.2) is 36.4 Å². The number of hydrogen-bond acceptors (Lipinski definition) is 4. The molecule has 2 aromatic rings. The van der Waals surface area contributed by atoms with E-state index in [4.69, 9.17) is 21.1 Å². The van der Waals surface area contributed by atoms with Gasteiger partial charge in [0.05, 0.1) is 22.7 Å². The van der Waals surface area contributed by atoms with Crippen molar-refractivity contribution in [2.24, 2.45) is 0 Å². The molecule has 0 saturated carbocycles. The fourth-order valence-electron chi connectivity index (χ4n) is 2.82. The van der Waals surface area contributed by atoms with Crippen LogP contribution in [-0.2, 0) is 6.54 Å². The molecule has 0 spiro atoms. The summed E-state index contributed by atoms with van der Waals surface area (Å²) >= 11 is 6.20. The van der Waals surface area contributed by atoms with Crippen molar-refractivity contribution >= 4 is 23.4 Å². The van der Waals surface area contributed by atoms with E-state index in [0.717, 1.165) is 0 Å². The van der Waals surface area contributed by atoms with Crippen molar-refractivity contribution in [3.8, 4) is 11.5 Å². The second-order valence-electron chi connectivity index (χ2n) is 5.34. The molecule has 0 radical (unpaired) electrons. The first-order chi connectivity index (χ1) is 11.1. The quantitative estimate of drug-likeness (QED) is 0.795. The van der Waals surface area contributed by atoms with Crippen molar-refractivity contribution in [1.82, 2.24) is 4.90 Å². The molecular formula is C17H12ClNO4. The molecule has 0 saturated heterocycles. The number of fused-ring (bicyclic) bond motifs is 2. The summed E-state index contributed by atoms with van der Waals surface area (Å²) in [7, 11) is 0. The molecule has 0 aliphatic carbocycles. The number of benzene rings is 2. The average molecular weight is 330 g/mol. The second kappa shape index (κ2) is 5.28. The lowest BCUT2D eigenvalue weighted by atomic mass is 10.1. The molecule has 4 rings (SSSR count). The van der Waals surface area contributed by atoms with E-state index in [9.17, 15) is 9.59 Å². The number of amides is 2. The number of ether oxygens (including phenoxy) is 2. The van der Waals surface area contributed by atoms with Gasteiger partial charge in [-0.05, 0) is 29.8 Å². The lowest BCUT2D eigenvalue weighted by Crippen LogP contribution is -2.29. The number of hydrogen-bond donors (Lipinski definition) is 0. The van der Waals surface area contributed by atoms with Crippen LogP contribution < -0.4 is 9.47 Å². The number of rotatable bonds is 2. The molecule has 23 heavy (non-hydrogen) atoms. The summed E-state index contributed by atoms with van der Waals surface area (Å²) in [6.45, 7) is 1.03. The molecule has 0 aromatic heterocycles. The number of imide groups is 1. The zero-order chi connectivity index (χ0) is 16.0. The Balaban J connectivity index is 1.66. The fourth-order valence-corrected chi connectivity index (χ4v) is 3.11. The van der Waals surface area contributed by atoms with Crippen molar-refractivity contribution in [2.75, 3.05) is 13.2 Å². The maximum Gasteiger partial charge on any atom is 0.261 e. The summed E-state index contributed by atoms with van der Waals surface area (Å²) in [6, 6.07) is 10.3. The van der Waals surface area contributed by atoms with Gasteiger partial charge in [0.15, 0.2) is 11.5 Å². The van der Waals surface area contributed by atoms with E-state index < -0.39 is 0 Å². The van der Waals surface area contributed by atoms with E-state index in [-0.39, 0.29) is 18.4 Å². The molecule has 2 heterocycles. The van der Waals surface area contributed by atoms with Gasteiger partial charge in [0, 0.05) is 0 Å². The molecule has 116 valence electrons. The lowest BCUT2D eigenvalue weighted by Gasteiger charge is -2.21. The first kappa shape index (κ1) is 14.1. The summed E-state index contributed by atoms with van der Waals surface area (Å²) in [6.07, 6.45) is 0. The van der Waals surface area contributed by atoms with E-state index in [2.05, 4.69) is 0 Å². The highest BCUT2D eigenvalue weighted by atomic mass is 35.5. The summed E-state index contributed by atoms with van der Waals surface area (Å²) in [5.74, 6) is 0.451. The molecular weight excluding hydrogens is 318 g/mol. The van der Waals surface area contributed by atoms with Gasteiger partial charge < -0.3 is 9.47 Å². The van der Waals surface area contributed by atoms with Crippen molar-refractivity contribution in [2.45, 2.75) is 6.54 Å². The standard InChI is InChI=1S/C17H12ClNO4/c18-13-7-10(8-14-15(13)23-6-5-22-14)9-19-16(20)11-3-1-2-4-12(11)17(19)21/h1-4,7-8H,5-6,9H2. The summed E-state index contributed by atoms with van der Waals surface area (Å²) < 4.78 is 11.0. The van der Waals surface area contributed by atoms with Gasteiger partial charge in [-0.2, -0.15) is 0 Å². The molecule has 0 unspecified atom stereocenters. The molecule has 2 amide bonds. The number of carbonyl (C=O) groups is 2. The highest BCUT2D eigenvalue weighted by molar-refractivity contribution is 6.32. The van der Waals surface area contributed by atoms with Crippen LogP contribution in [0.1, 0.15) is 26.3 Å². The van der Waals surface area contributed by atoms with Crippen LogP contribution in [0, 0.1) is 0 Å². The van der Waals surface area contributed by atoms with Crippen molar-refractivity contribution in [1.29, 1.82) is 0 Å². The molecule has 6 heteroatoms. The maximum atomic E-state index is 12.4. The summed E-state index contributed by atoms with van der Waals surface area (Å²) in [5.41, 5.74) is 1.58. The third-order valence-electron chi connectivity index (χ3n) is 3.88. The third kappa shape index (κ3) is 2.24. The van der Waals surface area contributed by atoms with E-state index >= 15 is 0 Å². The van der Waals surface area contributed by atoms with Gasteiger partial charge in [-0.3, -0.25) is 14.5 Å². The van der Waals surface area contributed by atoms with Crippen LogP contribution >= 0.6 is 11.6 Å². The molecule has 0 N–H and O–H groups in total. The van der Waals surface area contributed by atoms with Crippen LogP contribution in [0.25, 0.3) is 0 Å². The van der Waals surface area contributed by atoms with Gasteiger partial charge in [0.1, 0.15) is 13.2 Å². The van der Waals surface area contributed by atoms with E-state index in [1.807, 2.05) is 0 Å². The Morgan fingerprint density at radius 3 is 2.35 bits per heavy atom. The van der Waals surface area contributed by atoms with Crippen molar-refractivity contribution in [3.63, 3.8) is 0 Å². The lowest BCUT2D eigenvalue weighted by molar-refractivity contribution is 0.0642. The first-order valence-corrected chi connectivity index (χ1v) is 7.56. The van der Waals surface area contributed by atoms with Crippen LogP contribution in [0.5, 0.6) is 11.5 Å². The van der Waals surface area contributed by atoms with Crippen LogP contribution in [-0.4, -0.2) is 29.9 Å². The van der Waals surface area contributed by atoms with Gasteiger partial charge in [-0.1, -0.05) is 23.7 Å². The topological polar surface area (TPSA) is 55.8 Å². The Morgan fingerprint density at radius 1 is 1.00 bits per heavy atom. The predicted octanol–water partition coefficient (Wildman–Crippen LogP) is 2.91. The highest BCUT2D eigenvalue weighted by Gasteiger charge is 2.35. The Morgan fingerprint density at radius 2 is 1.65 bits per heavy atom. The molecule has 0 fully saturated rings. The monoisotopic (exact) mass is 329 g/mol. The second-order valence-corrected chi connectivity index (χ2v) is 5.75. The van der Waals surface area contributed by atoms with E-state index in [1.54, 1.807) is 36.4 Å². The molecule has 0 bridgehead atoms. The predicted molar refractivity (Wildman–Crippen MR) is 83.1 cm³/mol. The zero-order valence-corrected chi connectivity index (χ0v) is 12.8. The molecule has 0 atom stereocenters. The summed E-state index contributed by atoms with van der Waals surface area (Å²) in [5, 5.41) is 0.411. The third-order valence-corrected chi connectivity index (χ3v) is 4.16. The largest absolute Gasteiger partial charge is 0.486 e. The van der Waals surface area contributed by atoms with Gasteiger partial charge in [-0.15, -0.1) is 0 Å². The summed E-state index contributed by atoms with van der Waals surface area (Å²) in [4.78, 5) is 26.0. The highest BCUT2D eigenvalue weighted by Crippen LogP contribution is 2.39. The molecule has 2 aliphatic heterocycles. The molecule has 2 aliphatic rings. The van der Waals surface area contributed by atoms with Crippen molar-refractivity contribution in [3.05, 3.63) is 58.1 Å². The minimum absolute atomic E-state index is 0.142. The van der Waals surface area contributed by atoms with Gasteiger partial charge in [-0.25, -0.2) is 0 Å². The Hall–Kier alpha value is -2.53. The normalized spacial score (nSPS) is 15.8. The van der Waals surface area contributed by atoms with Crippen LogP contribution in [0.3, 0.4) is 0 Å². The number of carbonyl (C=O) groups excluding carboxylic acids is 2. The van der Waals surface area contributed by atoms with Gasteiger partial charge >= 0.3 is 0 Å². The smallest absolute Gasteiger partial charge is 0.261 e. The fraction of sp³-hybridized carbons (Fsp3) is 0.176. The minimum atomic E-state index is -0.295. The van der Waals surface area contributed by atoms with Crippen LogP contribution in [0.2, 0.25) is 5.02 Å². The van der Waals surface area contributed by atoms with Crippen molar-refractivity contribution < 1.29 is 19.1 Å². The number of halogens is 1. The average Bonchev–Trinajstić information content (AvgIpc) is 2.81. The SMILES string of the molecule is O=C1c2ccccc2C(=O)N1Cc1cc(Cl)c2c(c1)OCCO2. The Kier molecular flexibility index (Phi) is 3.23. The van der Waals surface area contributed by atoms with Gasteiger partial charge in [0.2, 0.25) is 0 Å². The van der Waals surface area contributed by atoms with E-state index in [0.29, 0.717) is 46.4 Å². The van der Waals surface area contributed by atoms with Crippen LogP contribution in [0.4, 0.5) is 0 Å². The Bertz CT molecular complexity index is 798.